The molecule has 8 heteroatoms. The van der Waals surface area contributed by atoms with Crippen molar-refractivity contribution < 1.29 is 33.6 Å². The number of unbranched alkanes of at least 4 members (excludes halogenated alkanes) is 1. The lowest BCUT2D eigenvalue weighted by Gasteiger charge is -2.07. The van der Waals surface area contributed by atoms with Gasteiger partial charge in [-0.1, -0.05) is 0 Å². The summed E-state index contributed by atoms with van der Waals surface area (Å²) in [5.74, 6) is 0. The molecule has 0 aliphatic carbocycles. The van der Waals surface area contributed by atoms with Crippen LogP contribution < -0.4 is 5.73 Å². The van der Waals surface area contributed by atoms with Gasteiger partial charge in [-0.05, 0) is 12.8 Å². The number of aliphatic hydroxyl groups excluding tert-OH is 1. The van der Waals surface area contributed by atoms with Gasteiger partial charge in [0.25, 0.3) is 0 Å². The molecule has 0 aliphatic rings. The molecule has 8 nitrogen and oxygen atoms in total. The summed E-state index contributed by atoms with van der Waals surface area (Å²) in [7, 11) is 0. The zero-order chi connectivity index (χ0) is 15.6. The normalized spacial score (nSPS) is 10.7. The van der Waals surface area contributed by atoms with E-state index in [2.05, 4.69) is 4.74 Å². The lowest BCUT2D eigenvalue weighted by atomic mass is 10.3. The molecule has 0 aliphatic heterocycles. The van der Waals surface area contributed by atoms with Gasteiger partial charge >= 0.3 is 6.09 Å². The van der Waals surface area contributed by atoms with Crippen molar-refractivity contribution in [1.29, 1.82) is 0 Å². The molecular formula is C13H27NO7. The SMILES string of the molecule is NC(=O)OCCCCOCCOCCOCCOCCO. The highest BCUT2D eigenvalue weighted by Gasteiger charge is 1.95. The number of rotatable bonds is 16. The first kappa shape index (κ1) is 20.1. The molecule has 126 valence electrons. The van der Waals surface area contributed by atoms with Gasteiger partial charge in [-0.3, -0.25) is 0 Å². The third-order valence-corrected chi connectivity index (χ3v) is 2.28. The maximum Gasteiger partial charge on any atom is 0.404 e. The fourth-order valence-corrected chi connectivity index (χ4v) is 1.31. The summed E-state index contributed by atoms with van der Waals surface area (Å²) < 4.78 is 25.5. The van der Waals surface area contributed by atoms with Gasteiger partial charge in [-0.15, -0.1) is 0 Å². The monoisotopic (exact) mass is 309 g/mol. The van der Waals surface area contributed by atoms with Gasteiger partial charge in [0.1, 0.15) is 0 Å². The smallest absolute Gasteiger partial charge is 0.404 e. The zero-order valence-electron chi connectivity index (χ0n) is 12.5. The van der Waals surface area contributed by atoms with Crippen molar-refractivity contribution in [1.82, 2.24) is 0 Å². The van der Waals surface area contributed by atoms with Crippen molar-refractivity contribution in [3.63, 3.8) is 0 Å². The van der Waals surface area contributed by atoms with E-state index in [0.29, 0.717) is 59.5 Å². The minimum absolute atomic E-state index is 0.0290. The molecule has 0 spiro atoms. The molecule has 0 bridgehead atoms. The van der Waals surface area contributed by atoms with Gasteiger partial charge in [0.05, 0.1) is 59.5 Å². The quantitative estimate of drug-likeness (QED) is 0.384. The third-order valence-electron chi connectivity index (χ3n) is 2.28. The Bertz CT molecular complexity index is 229. The lowest BCUT2D eigenvalue weighted by Crippen LogP contribution is -2.14. The molecule has 0 radical (unpaired) electrons. The number of amides is 1. The zero-order valence-corrected chi connectivity index (χ0v) is 12.5. The highest BCUT2D eigenvalue weighted by atomic mass is 16.6. The average molecular weight is 309 g/mol. The van der Waals surface area contributed by atoms with Crippen LogP contribution in [0.15, 0.2) is 0 Å². The minimum atomic E-state index is -0.744. The molecule has 3 N–H and O–H groups in total. The molecular weight excluding hydrogens is 282 g/mol. The van der Waals surface area contributed by atoms with Crippen LogP contribution in [0, 0.1) is 0 Å². The Morgan fingerprint density at radius 1 is 0.714 bits per heavy atom. The van der Waals surface area contributed by atoms with E-state index >= 15 is 0 Å². The topological polar surface area (TPSA) is 109 Å². The van der Waals surface area contributed by atoms with Gasteiger partial charge in [0.15, 0.2) is 0 Å². The van der Waals surface area contributed by atoms with Crippen molar-refractivity contribution in [2.24, 2.45) is 5.73 Å². The number of aliphatic hydroxyl groups is 1. The van der Waals surface area contributed by atoms with Crippen molar-refractivity contribution in [3.05, 3.63) is 0 Å². The van der Waals surface area contributed by atoms with Gasteiger partial charge in [-0.2, -0.15) is 0 Å². The van der Waals surface area contributed by atoms with E-state index in [9.17, 15) is 4.79 Å². The third kappa shape index (κ3) is 19.1. The molecule has 0 aromatic rings. The Morgan fingerprint density at radius 3 is 1.62 bits per heavy atom. The van der Waals surface area contributed by atoms with E-state index in [1.165, 1.54) is 0 Å². The van der Waals surface area contributed by atoms with Crippen molar-refractivity contribution in [2.45, 2.75) is 12.8 Å². The molecule has 0 atom stereocenters. The fraction of sp³-hybridized carbons (Fsp3) is 0.923. The highest BCUT2D eigenvalue weighted by Crippen LogP contribution is 1.91. The predicted octanol–water partition coefficient (Wildman–Crippen LogP) is -0.0794. The molecule has 0 heterocycles. The number of carbonyl (C=O) groups excluding carboxylic acids is 1. The summed E-state index contributed by atoms with van der Waals surface area (Å²) in [6.45, 7) is 4.32. The van der Waals surface area contributed by atoms with E-state index in [4.69, 9.17) is 29.8 Å². The summed E-state index contributed by atoms with van der Waals surface area (Å²) >= 11 is 0. The molecule has 0 rings (SSSR count). The molecule has 0 saturated heterocycles. The summed E-state index contributed by atoms with van der Waals surface area (Å²) in [6.07, 6.45) is 0.798. The van der Waals surface area contributed by atoms with Crippen molar-refractivity contribution >= 4 is 6.09 Å². The van der Waals surface area contributed by atoms with E-state index in [-0.39, 0.29) is 6.61 Å². The van der Waals surface area contributed by atoms with Gasteiger partial charge < -0.3 is 34.5 Å². The van der Waals surface area contributed by atoms with Gasteiger partial charge in [-0.25, -0.2) is 4.79 Å². The molecule has 21 heavy (non-hydrogen) atoms. The predicted molar refractivity (Wildman–Crippen MR) is 75.1 cm³/mol. The van der Waals surface area contributed by atoms with Gasteiger partial charge in [0.2, 0.25) is 0 Å². The van der Waals surface area contributed by atoms with Crippen LogP contribution in [0.4, 0.5) is 4.79 Å². The molecule has 0 saturated carbocycles. The summed E-state index contributed by atoms with van der Waals surface area (Å²) in [5, 5.41) is 8.47. The number of hydrogen-bond acceptors (Lipinski definition) is 7. The number of ether oxygens (including phenoxy) is 5. The van der Waals surface area contributed by atoms with Crippen LogP contribution in [0.1, 0.15) is 12.8 Å². The first-order valence-corrected chi connectivity index (χ1v) is 7.11. The second-order valence-corrected chi connectivity index (χ2v) is 4.05. The number of nitrogens with two attached hydrogens (primary N) is 1. The molecule has 0 fully saturated rings. The van der Waals surface area contributed by atoms with Crippen LogP contribution in [0.3, 0.4) is 0 Å². The van der Waals surface area contributed by atoms with Crippen LogP contribution >= 0.6 is 0 Å². The largest absolute Gasteiger partial charge is 0.450 e. The van der Waals surface area contributed by atoms with Crippen molar-refractivity contribution in [3.8, 4) is 0 Å². The Morgan fingerprint density at radius 2 is 1.14 bits per heavy atom. The maximum atomic E-state index is 10.3. The Kier molecular flexibility index (Phi) is 16.4. The molecule has 0 aromatic carbocycles. The van der Waals surface area contributed by atoms with Crippen LogP contribution in [0.2, 0.25) is 0 Å². The van der Waals surface area contributed by atoms with Crippen LogP contribution in [-0.4, -0.2) is 77.3 Å². The van der Waals surface area contributed by atoms with E-state index in [1.54, 1.807) is 0 Å². The Hall–Kier alpha value is -0.930. The summed E-state index contributed by atoms with van der Waals surface area (Å²) in [6, 6.07) is 0. The summed E-state index contributed by atoms with van der Waals surface area (Å²) in [5.41, 5.74) is 4.82. The second-order valence-electron chi connectivity index (χ2n) is 4.05. The molecule has 1 amide bonds. The molecule has 0 aromatic heterocycles. The van der Waals surface area contributed by atoms with Crippen LogP contribution in [-0.2, 0) is 23.7 Å². The molecule has 0 unspecified atom stereocenters. The Labute approximate surface area is 125 Å². The maximum absolute atomic E-state index is 10.3. The highest BCUT2D eigenvalue weighted by molar-refractivity contribution is 5.64. The number of primary amides is 1. The second kappa shape index (κ2) is 17.1. The van der Waals surface area contributed by atoms with E-state index in [1.807, 2.05) is 0 Å². The van der Waals surface area contributed by atoms with Gasteiger partial charge in [0, 0.05) is 6.61 Å². The fourth-order valence-electron chi connectivity index (χ4n) is 1.31. The first-order valence-electron chi connectivity index (χ1n) is 7.11. The average Bonchev–Trinajstić information content (AvgIpc) is 2.46. The lowest BCUT2D eigenvalue weighted by molar-refractivity contribution is -0.00596. The van der Waals surface area contributed by atoms with E-state index < -0.39 is 6.09 Å². The number of hydrogen-bond donors (Lipinski definition) is 2. The standard InChI is InChI=1S/C13H27NO7/c14-13(16)21-5-2-1-4-17-7-9-19-11-12-20-10-8-18-6-3-15/h15H,1-12H2,(H2,14,16). The number of carbonyl (C=O) groups is 1. The minimum Gasteiger partial charge on any atom is -0.450 e. The van der Waals surface area contributed by atoms with Crippen LogP contribution in [0.5, 0.6) is 0 Å². The summed E-state index contributed by atoms with van der Waals surface area (Å²) in [4.78, 5) is 10.3. The van der Waals surface area contributed by atoms with Crippen molar-refractivity contribution in [2.75, 3.05) is 66.1 Å². The van der Waals surface area contributed by atoms with Crippen LogP contribution in [0.25, 0.3) is 0 Å². The van der Waals surface area contributed by atoms with E-state index in [0.717, 1.165) is 12.8 Å². The first-order chi connectivity index (χ1) is 10.3. The Balaban J connectivity index is 2.95.